The van der Waals surface area contributed by atoms with E-state index in [0.717, 1.165) is 25.0 Å². The van der Waals surface area contributed by atoms with Crippen molar-refractivity contribution in [3.63, 3.8) is 0 Å². The molecule has 1 aliphatic carbocycles. The Balaban J connectivity index is 2.13. The van der Waals surface area contributed by atoms with Gasteiger partial charge in [-0.15, -0.1) is 0 Å². The van der Waals surface area contributed by atoms with Crippen LogP contribution in [0.3, 0.4) is 0 Å². The molecular weight excluding hydrogens is 228 g/mol. The zero-order valence-corrected chi connectivity index (χ0v) is 11.0. The normalized spacial score (nSPS) is 18.0. The van der Waals surface area contributed by atoms with Gasteiger partial charge in [0.2, 0.25) is 5.91 Å². The minimum Gasteiger partial charge on any atom is -0.497 e. The van der Waals surface area contributed by atoms with Crippen LogP contribution in [0, 0.1) is 0 Å². The first-order valence-electron chi connectivity index (χ1n) is 6.35. The van der Waals surface area contributed by atoms with Crippen molar-refractivity contribution in [2.75, 3.05) is 20.7 Å². The molecule has 18 heavy (non-hydrogen) atoms. The van der Waals surface area contributed by atoms with Crippen molar-refractivity contribution in [2.45, 2.75) is 25.3 Å². The lowest BCUT2D eigenvalue weighted by molar-refractivity contribution is -0.119. The molecule has 4 nitrogen and oxygen atoms in total. The Morgan fingerprint density at radius 2 is 2.33 bits per heavy atom. The Morgan fingerprint density at radius 3 is 3.06 bits per heavy atom. The molecule has 1 atom stereocenters. The minimum absolute atomic E-state index is 0.0185. The summed E-state index contributed by atoms with van der Waals surface area (Å²) >= 11 is 0. The summed E-state index contributed by atoms with van der Waals surface area (Å²) in [6, 6.07) is 6.46. The summed E-state index contributed by atoms with van der Waals surface area (Å²) in [4.78, 5) is 11.3. The number of benzene rings is 1. The third-order valence-corrected chi connectivity index (χ3v) is 3.46. The third kappa shape index (κ3) is 2.82. The third-order valence-electron chi connectivity index (χ3n) is 3.46. The van der Waals surface area contributed by atoms with Gasteiger partial charge < -0.3 is 15.4 Å². The van der Waals surface area contributed by atoms with Crippen LogP contribution in [0.1, 0.15) is 30.0 Å². The fourth-order valence-corrected chi connectivity index (χ4v) is 2.42. The van der Waals surface area contributed by atoms with E-state index < -0.39 is 0 Å². The van der Waals surface area contributed by atoms with Gasteiger partial charge in [-0.3, -0.25) is 4.79 Å². The number of likely N-dealkylation sites (N-methyl/N-ethyl adjacent to an activating group) is 1. The minimum atomic E-state index is 0.0185. The van der Waals surface area contributed by atoms with Crippen molar-refractivity contribution in [1.29, 1.82) is 0 Å². The molecule has 2 N–H and O–H groups in total. The van der Waals surface area contributed by atoms with Crippen LogP contribution >= 0.6 is 0 Å². The molecule has 0 fully saturated rings. The summed E-state index contributed by atoms with van der Waals surface area (Å²) in [6.07, 6.45) is 3.33. The molecule has 0 aromatic heterocycles. The molecule has 0 saturated carbocycles. The fraction of sp³-hybridized carbons (Fsp3) is 0.500. The lowest BCUT2D eigenvalue weighted by atomic mass is 9.87. The first-order valence-corrected chi connectivity index (χ1v) is 6.35. The lowest BCUT2D eigenvalue weighted by Crippen LogP contribution is -2.35. The molecule has 1 unspecified atom stereocenters. The van der Waals surface area contributed by atoms with Crippen LogP contribution < -0.4 is 15.4 Å². The Hall–Kier alpha value is -1.55. The SMILES string of the molecule is CNC(=O)CNC1CCCc2ccc(OC)cc21. The first kappa shape index (κ1) is 12.9. The molecule has 0 spiro atoms. The Labute approximate surface area is 108 Å². The van der Waals surface area contributed by atoms with Gasteiger partial charge in [-0.05, 0) is 42.5 Å². The predicted molar refractivity (Wildman–Crippen MR) is 70.7 cm³/mol. The Kier molecular flexibility index (Phi) is 4.20. The van der Waals surface area contributed by atoms with E-state index in [0.29, 0.717) is 6.54 Å². The van der Waals surface area contributed by atoms with E-state index >= 15 is 0 Å². The Morgan fingerprint density at radius 1 is 1.50 bits per heavy atom. The summed E-state index contributed by atoms with van der Waals surface area (Å²) in [5, 5.41) is 5.94. The second-order valence-electron chi connectivity index (χ2n) is 4.56. The number of ether oxygens (including phenoxy) is 1. The molecule has 0 aliphatic heterocycles. The molecule has 0 heterocycles. The van der Waals surface area contributed by atoms with Crippen LogP contribution in [0.5, 0.6) is 5.75 Å². The van der Waals surface area contributed by atoms with E-state index in [-0.39, 0.29) is 11.9 Å². The van der Waals surface area contributed by atoms with Crippen LogP contribution in [-0.4, -0.2) is 26.6 Å². The van der Waals surface area contributed by atoms with Crippen molar-refractivity contribution in [2.24, 2.45) is 0 Å². The average molecular weight is 248 g/mol. The summed E-state index contributed by atoms with van der Waals surface area (Å²) in [6.45, 7) is 0.359. The van der Waals surface area contributed by atoms with Crippen molar-refractivity contribution in [3.8, 4) is 5.75 Å². The number of fused-ring (bicyclic) bond motifs is 1. The van der Waals surface area contributed by atoms with Gasteiger partial charge in [-0.2, -0.15) is 0 Å². The average Bonchev–Trinajstić information content (AvgIpc) is 2.43. The van der Waals surface area contributed by atoms with E-state index in [2.05, 4.69) is 22.8 Å². The zero-order valence-electron chi connectivity index (χ0n) is 11.0. The molecule has 2 rings (SSSR count). The maximum absolute atomic E-state index is 11.3. The van der Waals surface area contributed by atoms with Gasteiger partial charge in [0.25, 0.3) is 0 Å². The molecule has 1 aromatic rings. The smallest absolute Gasteiger partial charge is 0.233 e. The largest absolute Gasteiger partial charge is 0.497 e. The summed E-state index contributed by atoms with van der Waals surface area (Å²) in [5.41, 5.74) is 2.63. The molecule has 4 heteroatoms. The monoisotopic (exact) mass is 248 g/mol. The van der Waals surface area contributed by atoms with E-state index in [4.69, 9.17) is 4.74 Å². The van der Waals surface area contributed by atoms with Crippen LogP contribution in [0.15, 0.2) is 18.2 Å². The van der Waals surface area contributed by atoms with Crippen molar-refractivity contribution in [3.05, 3.63) is 29.3 Å². The van der Waals surface area contributed by atoms with Gasteiger partial charge >= 0.3 is 0 Å². The van der Waals surface area contributed by atoms with Gasteiger partial charge in [0.1, 0.15) is 5.75 Å². The van der Waals surface area contributed by atoms with Crippen molar-refractivity contribution in [1.82, 2.24) is 10.6 Å². The molecule has 0 radical (unpaired) electrons. The van der Waals surface area contributed by atoms with Gasteiger partial charge in [-0.1, -0.05) is 6.07 Å². The van der Waals surface area contributed by atoms with Crippen LogP contribution in [0.25, 0.3) is 0 Å². The highest BCUT2D eigenvalue weighted by atomic mass is 16.5. The maximum atomic E-state index is 11.3. The lowest BCUT2D eigenvalue weighted by Gasteiger charge is -2.26. The van der Waals surface area contributed by atoms with E-state index in [1.54, 1.807) is 14.2 Å². The predicted octanol–water partition coefficient (Wildman–Crippen LogP) is 1.41. The summed E-state index contributed by atoms with van der Waals surface area (Å²) < 4.78 is 5.27. The number of carbonyl (C=O) groups excluding carboxylic acids is 1. The van der Waals surface area contributed by atoms with Crippen LogP contribution in [-0.2, 0) is 11.2 Å². The number of rotatable bonds is 4. The second kappa shape index (κ2) is 5.87. The van der Waals surface area contributed by atoms with Gasteiger partial charge in [0.15, 0.2) is 0 Å². The number of hydrogen-bond donors (Lipinski definition) is 2. The van der Waals surface area contributed by atoms with Crippen molar-refractivity contribution >= 4 is 5.91 Å². The summed E-state index contributed by atoms with van der Waals surface area (Å²) in [7, 11) is 3.33. The van der Waals surface area contributed by atoms with Crippen molar-refractivity contribution < 1.29 is 9.53 Å². The highest BCUT2D eigenvalue weighted by Gasteiger charge is 2.20. The van der Waals surface area contributed by atoms with Gasteiger partial charge in [0.05, 0.1) is 13.7 Å². The maximum Gasteiger partial charge on any atom is 0.233 e. The molecule has 1 amide bonds. The second-order valence-corrected chi connectivity index (χ2v) is 4.56. The van der Waals surface area contributed by atoms with Gasteiger partial charge in [0, 0.05) is 13.1 Å². The molecule has 0 bridgehead atoms. The topological polar surface area (TPSA) is 50.4 Å². The van der Waals surface area contributed by atoms with E-state index in [1.165, 1.54) is 11.1 Å². The Bertz CT molecular complexity index is 432. The molecule has 1 aromatic carbocycles. The highest BCUT2D eigenvalue weighted by molar-refractivity contribution is 5.77. The number of carbonyl (C=O) groups is 1. The fourth-order valence-electron chi connectivity index (χ4n) is 2.42. The highest BCUT2D eigenvalue weighted by Crippen LogP contribution is 2.32. The zero-order chi connectivity index (χ0) is 13.0. The summed E-state index contributed by atoms with van der Waals surface area (Å²) in [5.74, 6) is 0.896. The number of methoxy groups -OCH3 is 1. The van der Waals surface area contributed by atoms with Crippen LogP contribution in [0.2, 0.25) is 0 Å². The van der Waals surface area contributed by atoms with E-state index in [9.17, 15) is 4.79 Å². The molecule has 98 valence electrons. The number of amides is 1. The van der Waals surface area contributed by atoms with E-state index in [1.807, 2.05) is 6.07 Å². The quantitative estimate of drug-likeness (QED) is 0.847. The van der Waals surface area contributed by atoms with Crippen LogP contribution in [0.4, 0.5) is 0 Å². The number of aryl methyl sites for hydroxylation is 1. The molecular formula is C14H20N2O2. The molecule has 1 aliphatic rings. The molecule has 0 saturated heterocycles. The van der Waals surface area contributed by atoms with Gasteiger partial charge in [-0.25, -0.2) is 0 Å². The number of hydrogen-bond acceptors (Lipinski definition) is 3. The standard InChI is InChI=1S/C14H20N2O2/c1-15-14(17)9-16-13-5-3-4-10-6-7-11(18-2)8-12(10)13/h6-8,13,16H,3-5,9H2,1-2H3,(H,15,17). The number of nitrogens with one attached hydrogen (secondary N) is 2. The first-order chi connectivity index (χ1) is 8.74.